The number of carbonyl (C=O) groups excluding carboxylic acids is 1. The molecule has 5 nitrogen and oxygen atoms in total. The topological polar surface area (TPSA) is 67.2 Å². The van der Waals surface area contributed by atoms with E-state index in [-0.39, 0.29) is 11.7 Å². The average molecular weight is 307 g/mol. The van der Waals surface area contributed by atoms with E-state index in [4.69, 9.17) is 4.42 Å². The zero-order valence-corrected chi connectivity index (χ0v) is 13.0. The molecule has 5 heteroatoms. The summed E-state index contributed by atoms with van der Waals surface area (Å²) < 4.78 is 5.05. The van der Waals surface area contributed by atoms with Crippen molar-refractivity contribution in [1.82, 2.24) is 4.98 Å². The van der Waals surface area contributed by atoms with Crippen LogP contribution in [0.2, 0.25) is 0 Å². The summed E-state index contributed by atoms with van der Waals surface area (Å²) in [4.78, 5) is 16.2. The Morgan fingerprint density at radius 2 is 1.83 bits per heavy atom. The van der Waals surface area contributed by atoms with Gasteiger partial charge < -0.3 is 15.1 Å². The molecule has 2 aromatic heterocycles. The van der Waals surface area contributed by atoms with Crippen LogP contribution in [0.1, 0.15) is 21.7 Å². The number of pyridine rings is 1. The molecule has 0 aliphatic heterocycles. The summed E-state index contributed by atoms with van der Waals surface area (Å²) in [5, 5.41) is 5.98. The van der Waals surface area contributed by atoms with Crippen LogP contribution >= 0.6 is 0 Å². The predicted molar refractivity (Wildman–Crippen MR) is 90.1 cm³/mol. The monoisotopic (exact) mass is 307 g/mol. The van der Waals surface area contributed by atoms with Crippen LogP contribution in [0.25, 0.3) is 0 Å². The van der Waals surface area contributed by atoms with Crippen molar-refractivity contribution in [1.29, 1.82) is 0 Å². The van der Waals surface area contributed by atoms with Crippen LogP contribution in [0.15, 0.2) is 59.3 Å². The van der Waals surface area contributed by atoms with Gasteiger partial charge in [0.1, 0.15) is 5.82 Å². The maximum absolute atomic E-state index is 11.9. The van der Waals surface area contributed by atoms with Crippen LogP contribution in [-0.4, -0.2) is 10.9 Å². The Balaban J connectivity index is 1.68. The lowest BCUT2D eigenvalue weighted by Gasteiger charge is -2.09. The van der Waals surface area contributed by atoms with Gasteiger partial charge in [0, 0.05) is 5.69 Å². The molecule has 0 bridgehead atoms. The van der Waals surface area contributed by atoms with Crippen molar-refractivity contribution in [3.8, 4) is 0 Å². The van der Waals surface area contributed by atoms with E-state index in [0.29, 0.717) is 11.5 Å². The lowest BCUT2D eigenvalue weighted by Crippen LogP contribution is -2.11. The van der Waals surface area contributed by atoms with Gasteiger partial charge in [0.25, 0.3) is 5.91 Å². The van der Waals surface area contributed by atoms with Crippen molar-refractivity contribution in [3.63, 3.8) is 0 Å². The molecule has 0 saturated carbocycles. The molecule has 0 aliphatic carbocycles. The smallest absolute Gasteiger partial charge is 0.291 e. The third kappa shape index (κ3) is 3.77. The van der Waals surface area contributed by atoms with Crippen molar-refractivity contribution in [2.45, 2.75) is 13.8 Å². The van der Waals surface area contributed by atoms with E-state index in [1.807, 2.05) is 6.07 Å². The van der Waals surface area contributed by atoms with Gasteiger partial charge in [0.2, 0.25) is 0 Å². The minimum Gasteiger partial charge on any atom is -0.459 e. The Morgan fingerprint density at radius 3 is 2.43 bits per heavy atom. The van der Waals surface area contributed by atoms with Gasteiger partial charge in [-0.05, 0) is 61.4 Å². The fourth-order valence-electron chi connectivity index (χ4n) is 2.34. The van der Waals surface area contributed by atoms with Crippen LogP contribution in [0.5, 0.6) is 0 Å². The lowest BCUT2D eigenvalue weighted by molar-refractivity contribution is 0.0996. The normalized spacial score (nSPS) is 10.3. The van der Waals surface area contributed by atoms with Crippen molar-refractivity contribution >= 4 is 23.1 Å². The number of nitrogens with one attached hydrogen (secondary N) is 2. The average Bonchev–Trinajstić information content (AvgIpc) is 3.02. The number of aryl methyl sites for hydroxylation is 2. The second kappa shape index (κ2) is 6.36. The zero-order valence-electron chi connectivity index (χ0n) is 13.0. The van der Waals surface area contributed by atoms with Gasteiger partial charge in [0.05, 0.1) is 18.1 Å². The maximum Gasteiger partial charge on any atom is 0.291 e. The summed E-state index contributed by atoms with van der Waals surface area (Å²) in [7, 11) is 0. The number of hydrogen-bond donors (Lipinski definition) is 2. The van der Waals surface area contributed by atoms with Gasteiger partial charge in [0.15, 0.2) is 5.76 Å². The molecular formula is C18H17N3O2. The SMILES string of the molecule is Cc1cc(C)cc(Nc2ccc(NC(=O)c3ccco3)cn2)c1. The molecule has 116 valence electrons. The molecule has 1 aromatic carbocycles. The van der Waals surface area contributed by atoms with E-state index >= 15 is 0 Å². The summed E-state index contributed by atoms with van der Waals surface area (Å²) in [5.41, 5.74) is 3.98. The molecule has 0 radical (unpaired) electrons. The molecule has 0 unspecified atom stereocenters. The van der Waals surface area contributed by atoms with E-state index in [1.54, 1.807) is 24.4 Å². The van der Waals surface area contributed by atoms with Gasteiger partial charge in [-0.15, -0.1) is 0 Å². The molecule has 3 rings (SSSR count). The maximum atomic E-state index is 11.9. The highest BCUT2D eigenvalue weighted by atomic mass is 16.3. The molecule has 0 aliphatic rings. The van der Waals surface area contributed by atoms with Crippen LogP contribution in [0.3, 0.4) is 0 Å². The molecule has 0 fully saturated rings. The van der Waals surface area contributed by atoms with E-state index in [2.05, 4.69) is 47.7 Å². The third-order valence-electron chi connectivity index (χ3n) is 3.26. The first-order valence-corrected chi connectivity index (χ1v) is 7.26. The Kier molecular flexibility index (Phi) is 4.10. The van der Waals surface area contributed by atoms with Crippen LogP contribution < -0.4 is 10.6 Å². The Morgan fingerprint density at radius 1 is 1.04 bits per heavy atom. The first-order valence-electron chi connectivity index (χ1n) is 7.26. The zero-order chi connectivity index (χ0) is 16.2. The highest BCUT2D eigenvalue weighted by molar-refractivity contribution is 6.02. The number of hydrogen-bond acceptors (Lipinski definition) is 4. The van der Waals surface area contributed by atoms with Gasteiger partial charge in [-0.25, -0.2) is 4.98 Å². The van der Waals surface area contributed by atoms with Crippen molar-refractivity contribution in [2.75, 3.05) is 10.6 Å². The summed E-state index contributed by atoms with van der Waals surface area (Å²) in [6.07, 6.45) is 3.07. The molecule has 23 heavy (non-hydrogen) atoms. The molecule has 0 atom stereocenters. The van der Waals surface area contributed by atoms with Gasteiger partial charge in [-0.2, -0.15) is 0 Å². The van der Waals surface area contributed by atoms with Crippen LogP contribution in [0.4, 0.5) is 17.2 Å². The van der Waals surface area contributed by atoms with E-state index in [0.717, 1.165) is 5.69 Å². The summed E-state index contributed by atoms with van der Waals surface area (Å²) in [5.74, 6) is 0.681. The number of benzene rings is 1. The van der Waals surface area contributed by atoms with Crippen LogP contribution in [0, 0.1) is 13.8 Å². The number of rotatable bonds is 4. The Bertz CT molecular complexity index is 789. The largest absolute Gasteiger partial charge is 0.459 e. The van der Waals surface area contributed by atoms with Gasteiger partial charge in [-0.1, -0.05) is 6.07 Å². The second-order valence-corrected chi connectivity index (χ2v) is 5.36. The minimum absolute atomic E-state index is 0.266. The first-order chi connectivity index (χ1) is 11.1. The fourth-order valence-corrected chi connectivity index (χ4v) is 2.34. The van der Waals surface area contributed by atoms with Gasteiger partial charge >= 0.3 is 0 Å². The molecule has 0 spiro atoms. The highest BCUT2D eigenvalue weighted by Crippen LogP contribution is 2.19. The van der Waals surface area contributed by atoms with E-state index in [1.165, 1.54) is 17.4 Å². The lowest BCUT2D eigenvalue weighted by atomic mass is 10.1. The van der Waals surface area contributed by atoms with Gasteiger partial charge in [-0.3, -0.25) is 4.79 Å². The molecule has 0 saturated heterocycles. The number of amides is 1. The van der Waals surface area contributed by atoms with Crippen LogP contribution in [-0.2, 0) is 0 Å². The van der Waals surface area contributed by atoms with E-state index in [9.17, 15) is 4.79 Å². The van der Waals surface area contributed by atoms with Crippen molar-refractivity contribution < 1.29 is 9.21 Å². The highest BCUT2D eigenvalue weighted by Gasteiger charge is 2.08. The molecule has 3 aromatic rings. The summed E-state index contributed by atoms with van der Waals surface area (Å²) in [6.45, 7) is 4.11. The predicted octanol–water partition coefficient (Wildman–Crippen LogP) is 4.29. The third-order valence-corrected chi connectivity index (χ3v) is 3.26. The molecule has 2 N–H and O–H groups in total. The number of nitrogens with zero attached hydrogens (tertiary/aromatic N) is 1. The molecule has 2 heterocycles. The number of furan rings is 1. The Hall–Kier alpha value is -3.08. The number of aromatic nitrogens is 1. The standard InChI is InChI=1S/C18H17N3O2/c1-12-8-13(2)10-15(9-12)20-17-6-5-14(11-19-17)21-18(22)16-4-3-7-23-16/h3-11H,1-2H3,(H,19,20)(H,21,22). The minimum atomic E-state index is -0.299. The fraction of sp³-hybridized carbons (Fsp3) is 0.111. The first kappa shape index (κ1) is 14.8. The number of carbonyl (C=O) groups is 1. The summed E-state index contributed by atoms with van der Waals surface area (Å²) in [6, 6.07) is 13.1. The molecular weight excluding hydrogens is 290 g/mol. The second-order valence-electron chi connectivity index (χ2n) is 5.36. The van der Waals surface area contributed by atoms with Crippen molar-refractivity contribution in [2.24, 2.45) is 0 Å². The Labute approximate surface area is 134 Å². The van der Waals surface area contributed by atoms with E-state index < -0.39 is 0 Å². The molecule has 1 amide bonds. The number of anilines is 3. The quantitative estimate of drug-likeness (QED) is 0.754. The van der Waals surface area contributed by atoms with Crippen molar-refractivity contribution in [3.05, 3.63) is 71.8 Å². The summed E-state index contributed by atoms with van der Waals surface area (Å²) >= 11 is 0.